The smallest absolute Gasteiger partial charge is 0.217 e. The van der Waals surface area contributed by atoms with E-state index >= 15 is 0 Å². The summed E-state index contributed by atoms with van der Waals surface area (Å²) in [5, 5.41) is 5.98. The van der Waals surface area contributed by atoms with Crippen molar-refractivity contribution in [3.05, 3.63) is 48.0 Å². The number of rotatable bonds is 6. The Bertz CT molecular complexity index is 684. The fraction of sp³-hybridized carbons (Fsp3) is 0.476. The fourth-order valence-corrected chi connectivity index (χ4v) is 3.53. The average Bonchev–Trinajstić information content (AvgIpc) is 2.61. The molecule has 1 heterocycles. The number of benzene rings is 2. The summed E-state index contributed by atoms with van der Waals surface area (Å²) in [6, 6.07) is 14.5. The van der Waals surface area contributed by atoms with Gasteiger partial charge in [0.25, 0.3) is 0 Å². The number of ether oxygens (including phenoxy) is 1. The Morgan fingerprint density at radius 3 is 2.67 bits per heavy atom. The van der Waals surface area contributed by atoms with E-state index in [2.05, 4.69) is 54.1 Å². The van der Waals surface area contributed by atoms with Crippen LogP contribution < -0.4 is 5.32 Å². The van der Waals surface area contributed by atoms with Crippen molar-refractivity contribution in [1.82, 2.24) is 5.32 Å². The molecule has 3 rings (SSSR count). The van der Waals surface area contributed by atoms with E-state index in [1.165, 1.54) is 16.3 Å². The highest BCUT2D eigenvalue weighted by molar-refractivity contribution is 5.85. The van der Waals surface area contributed by atoms with Crippen molar-refractivity contribution in [2.75, 3.05) is 6.61 Å². The van der Waals surface area contributed by atoms with Crippen LogP contribution in [0.15, 0.2) is 42.5 Å². The second-order valence-electron chi connectivity index (χ2n) is 7.10. The van der Waals surface area contributed by atoms with Gasteiger partial charge >= 0.3 is 0 Å². The maximum absolute atomic E-state index is 11.4. The van der Waals surface area contributed by atoms with E-state index in [1.54, 1.807) is 0 Å². The van der Waals surface area contributed by atoms with Gasteiger partial charge in [0.05, 0.1) is 6.04 Å². The molecule has 1 radical (unpaired) electrons. The summed E-state index contributed by atoms with van der Waals surface area (Å²) in [6.07, 6.45) is 6.03. The summed E-state index contributed by atoms with van der Waals surface area (Å²) >= 11 is 0. The van der Waals surface area contributed by atoms with Crippen molar-refractivity contribution in [3.8, 4) is 0 Å². The maximum Gasteiger partial charge on any atom is 0.217 e. The van der Waals surface area contributed by atoms with Gasteiger partial charge in [0, 0.05) is 13.0 Å². The van der Waals surface area contributed by atoms with E-state index in [0.717, 1.165) is 32.3 Å². The Morgan fingerprint density at radius 1 is 1.17 bits per heavy atom. The quantitative estimate of drug-likeness (QED) is 0.873. The zero-order chi connectivity index (χ0) is 17.0. The van der Waals surface area contributed by atoms with Gasteiger partial charge in [-0.1, -0.05) is 56.3 Å². The summed E-state index contributed by atoms with van der Waals surface area (Å²) in [5.74, 6) is 0.192. The molecule has 2 atom stereocenters. The number of hydrogen-bond donors (Lipinski definition) is 1. The molecule has 0 aliphatic carbocycles. The minimum Gasteiger partial charge on any atom is -0.360 e. The van der Waals surface area contributed by atoms with E-state index in [4.69, 9.17) is 4.74 Å². The molecular formula is C21H26NO2. The monoisotopic (exact) mass is 324 g/mol. The van der Waals surface area contributed by atoms with Gasteiger partial charge < -0.3 is 4.74 Å². The number of hydrogen-bond acceptors (Lipinski definition) is 3. The van der Waals surface area contributed by atoms with Gasteiger partial charge in [0.2, 0.25) is 6.29 Å². The van der Waals surface area contributed by atoms with Crippen molar-refractivity contribution < 1.29 is 9.53 Å². The van der Waals surface area contributed by atoms with Crippen LogP contribution in [0.3, 0.4) is 0 Å². The van der Waals surface area contributed by atoms with Crippen LogP contribution in [0.1, 0.15) is 38.7 Å². The molecule has 1 fully saturated rings. The average molecular weight is 324 g/mol. The number of nitrogens with one attached hydrogen (secondary N) is 1. The normalized spacial score (nSPS) is 22.6. The summed E-state index contributed by atoms with van der Waals surface area (Å²) in [7, 11) is 0. The van der Waals surface area contributed by atoms with Gasteiger partial charge in [-0.15, -0.1) is 0 Å². The minimum absolute atomic E-state index is 0.192. The largest absolute Gasteiger partial charge is 0.360 e. The standard InChI is InChI=1S/C21H26NO2/c1-16(2)20(15-23)22-21(12-5-6-13-24-21)14-18-10-7-9-17-8-3-4-11-19(17)18/h3-4,7-11,16,20,22H,5-6,12-14H2,1-2H3/t20-,21?/m1/s1. The van der Waals surface area contributed by atoms with E-state index < -0.39 is 5.72 Å². The highest BCUT2D eigenvalue weighted by atomic mass is 16.5. The number of fused-ring (bicyclic) bond motifs is 1. The van der Waals surface area contributed by atoms with Crippen molar-refractivity contribution in [2.45, 2.75) is 51.3 Å². The van der Waals surface area contributed by atoms with Gasteiger partial charge in [0.1, 0.15) is 5.72 Å². The predicted octanol–water partition coefficient (Wildman–Crippen LogP) is 4.00. The van der Waals surface area contributed by atoms with Crippen LogP contribution in [0.4, 0.5) is 0 Å². The molecule has 127 valence electrons. The van der Waals surface area contributed by atoms with E-state index in [-0.39, 0.29) is 12.0 Å². The molecule has 24 heavy (non-hydrogen) atoms. The molecule has 1 aliphatic rings. The van der Waals surface area contributed by atoms with Crippen LogP contribution in [-0.4, -0.2) is 24.7 Å². The second-order valence-corrected chi connectivity index (χ2v) is 7.10. The van der Waals surface area contributed by atoms with Crippen LogP contribution >= 0.6 is 0 Å². The predicted molar refractivity (Wildman–Crippen MR) is 97.6 cm³/mol. The fourth-order valence-electron chi connectivity index (χ4n) is 3.53. The zero-order valence-corrected chi connectivity index (χ0v) is 14.5. The molecule has 1 aliphatic heterocycles. The van der Waals surface area contributed by atoms with Gasteiger partial charge in [0.15, 0.2) is 0 Å². The number of carbonyl (C=O) groups excluding carboxylic acids is 1. The Hall–Kier alpha value is -1.71. The molecule has 0 amide bonds. The van der Waals surface area contributed by atoms with Gasteiger partial charge in [-0.2, -0.15) is 0 Å². The molecule has 2 aromatic rings. The first-order valence-electron chi connectivity index (χ1n) is 8.89. The van der Waals surface area contributed by atoms with Gasteiger partial charge in [-0.05, 0) is 41.5 Å². The first kappa shape index (κ1) is 17.1. The molecule has 1 unspecified atom stereocenters. The van der Waals surface area contributed by atoms with Gasteiger partial charge in [-0.3, -0.25) is 10.1 Å². The van der Waals surface area contributed by atoms with Crippen LogP contribution in [0.2, 0.25) is 0 Å². The molecule has 0 bridgehead atoms. The topological polar surface area (TPSA) is 38.3 Å². The Kier molecular flexibility index (Phi) is 5.32. The summed E-state index contributed by atoms with van der Waals surface area (Å²) in [4.78, 5) is 11.4. The minimum atomic E-state index is -0.477. The lowest BCUT2D eigenvalue weighted by molar-refractivity contribution is -0.106. The molecule has 0 aromatic heterocycles. The lowest BCUT2D eigenvalue weighted by Gasteiger charge is -2.41. The lowest BCUT2D eigenvalue weighted by atomic mass is 9.90. The van der Waals surface area contributed by atoms with Crippen molar-refractivity contribution in [3.63, 3.8) is 0 Å². The van der Waals surface area contributed by atoms with Crippen LogP contribution in [0.25, 0.3) is 10.8 Å². The molecule has 0 spiro atoms. The Balaban J connectivity index is 1.92. The Morgan fingerprint density at radius 2 is 1.96 bits per heavy atom. The molecule has 0 saturated carbocycles. The SMILES string of the molecule is CC(C)[C@@H]([C]=O)NC1(Cc2cccc3ccccc23)CCCCO1. The first-order valence-corrected chi connectivity index (χ1v) is 8.89. The van der Waals surface area contributed by atoms with Crippen LogP contribution in [-0.2, 0) is 16.0 Å². The van der Waals surface area contributed by atoms with Crippen molar-refractivity contribution in [1.29, 1.82) is 0 Å². The third-order valence-corrected chi connectivity index (χ3v) is 4.92. The third-order valence-electron chi connectivity index (χ3n) is 4.92. The molecular weight excluding hydrogens is 298 g/mol. The second kappa shape index (κ2) is 7.45. The summed E-state index contributed by atoms with van der Waals surface area (Å²) in [5.41, 5.74) is 0.783. The first-order chi connectivity index (χ1) is 11.6. The third kappa shape index (κ3) is 3.68. The lowest BCUT2D eigenvalue weighted by Crippen LogP contribution is -2.57. The summed E-state index contributed by atoms with van der Waals surface area (Å²) in [6.45, 7) is 4.81. The van der Waals surface area contributed by atoms with Gasteiger partial charge in [-0.25, -0.2) is 0 Å². The summed E-state index contributed by atoms with van der Waals surface area (Å²) < 4.78 is 6.21. The zero-order valence-electron chi connectivity index (χ0n) is 14.5. The Labute approximate surface area is 144 Å². The molecule has 1 N–H and O–H groups in total. The highest BCUT2D eigenvalue weighted by Gasteiger charge is 2.36. The maximum atomic E-state index is 11.4. The molecule has 3 nitrogen and oxygen atoms in total. The molecule has 2 aromatic carbocycles. The van der Waals surface area contributed by atoms with Crippen LogP contribution in [0.5, 0.6) is 0 Å². The van der Waals surface area contributed by atoms with E-state index in [9.17, 15) is 4.79 Å². The molecule has 1 saturated heterocycles. The van der Waals surface area contributed by atoms with Crippen molar-refractivity contribution in [2.24, 2.45) is 5.92 Å². The molecule has 3 heteroatoms. The van der Waals surface area contributed by atoms with Crippen molar-refractivity contribution >= 4 is 17.1 Å². The van der Waals surface area contributed by atoms with E-state index in [0.29, 0.717) is 0 Å². The highest BCUT2D eigenvalue weighted by Crippen LogP contribution is 2.30. The van der Waals surface area contributed by atoms with E-state index in [1.807, 2.05) is 13.8 Å². The van der Waals surface area contributed by atoms with Crippen LogP contribution in [0, 0.1) is 5.92 Å².